The topological polar surface area (TPSA) is 52.6 Å². The molecule has 0 saturated heterocycles. The van der Waals surface area contributed by atoms with E-state index in [-0.39, 0.29) is 17.9 Å². The maximum atomic E-state index is 11.2. The van der Waals surface area contributed by atoms with Crippen molar-refractivity contribution in [3.8, 4) is 0 Å². The zero-order valence-corrected chi connectivity index (χ0v) is 13.4. The molecule has 0 radical (unpaired) electrons. The summed E-state index contributed by atoms with van der Waals surface area (Å²) in [6.45, 7) is 8.00. The average Bonchev–Trinajstić information content (AvgIpc) is 2.49. The molecule has 0 saturated carbocycles. The molecule has 1 rings (SSSR count). The predicted molar refractivity (Wildman–Crippen MR) is 77.1 cm³/mol. The summed E-state index contributed by atoms with van der Waals surface area (Å²) >= 11 is 5.99. The number of halogens is 1. The van der Waals surface area contributed by atoms with Crippen molar-refractivity contribution < 1.29 is 19.1 Å². The van der Waals surface area contributed by atoms with Crippen LogP contribution in [-0.4, -0.2) is 31.5 Å². The van der Waals surface area contributed by atoms with Gasteiger partial charge in [-0.15, -0.1) is 11.6 Å². The largest absolute Gasteiger partial charge is 0.469 e. The van der Waals surface area contributed by atoms with Gasteiger partial charge < -0.3 is 9.47 Å². The van der Waals surface area contributed by atoms with E-state index in [1.54, 1.807) is 12.2 Å². The Hall–Kier alpha value is -1.03. The summed E-state index contributed by atoms with van der Waals surface area (Å²) in [6.07, 6.45) is 3.64. The first-order chi connectivity index (χ1) is 9.10. The second-order valence-corrected chi connectivity index (χ2v) is 3.88. The van der Waals surface area contributed by atoms with Crippen molar-refractivity contribution in [3.05, 3.63) is 12.2 Å². The summed E-state index contributed by atoms with van der Waals surface area (Å²) in [4.78, 5) is 22.5. The molecule has 0 aromatic rings. The van der Waals surface area contributed by atoms with E-state index in [1.807, 2.05) is 27.7 Å². The second kappa shape index (κ2) is 12.0. The van der Waals surface area contributed by atoms with Crippen molar-refractivity contribution in [2.24, 2.45) is 11.8 Å². The number of rotatable bonds is 2. The third kappa shape index (κ3) is 6.62. The third-order valence-electron chi connectivity index (χ3n) is 2.40. The first kappa shape index (κ1) is 20.3. The molecule has 0 bridgehead atoms. The molecule has 19 heavy (non-hydrogen) atoms. The van der Waals surface area contributed by atoms with Gasteiger partial charge >= 0.3 is 11.9 Å². The Morgan fingerprint density at radius 3 is 1.84 bits per heavy atom. The Morgan fingerprint density at radius 2 is 1.47 bits per heavy atom. The molecule has 0 N–H and O–H groups in total. The van der Waals surface area contributed by atoms with E-state index >= 15 is 0 Å². The quantitative estimate of drug-likeness (QED) is 0.445. The summed E-state index contributed by atoms with van der Waals surface area (Å²) in [5, 5.41) is -0.424. The van der Waals surface area contributed by atoms with Crippen molar-refractivity contribution in [2.45, 2.75) is 39.5 Å². The molecule has 1 aliphatic rings. The van der Waals surface area contributed by atoms with Crippen molar-refractivity contribution in [1.29, 1.82) is 0 Å². The average molecular weight is 293 g/mol. The van der Waals surface area contributed by atoms with Crippen LogP contribution in [0.3, 0.4) is 0 Å². The summed E-state index contributed by atoms with van der Waals surface area (Å²) in [6, 6.07) is 0. The van der Waals surface area contributed by atoms with Crippen molar-refractivity contribution in [2.75, 3.05) is 14.2 Å². The van der Waals surface area contributed by atoms with Crippen LogP contribution in [0.5, 0.6) is 0 Å². The minimum absolute atomic E-state index is 0.333. The van der Waals surface area contributed by atoms with Crippen LogP contribution in [-0.2, 0) is 19.1 Å². The molecule has 3 atom stereocenters. The lowest BCUT2D eigenvalue weighted by atomic mass is 9.88. The van der Waals surface area contributed by atoms with E-state index in [0.717, 1.165) is 0 Å². The number of ether oxygens (including phenoxy) is 2. The van der Waals surface area contributed by atoms with Gasteiger partial charge in [-0.2, -0.15) is 0 Å². The van der Waals surface area contributed by atoms with Crippen LogP contribution in [0, 0.1) is 11.8 Å². The zero-order chi connectivity index (χ0) is 15.4. The van der Waals surface area contributed by atoms with Gasteiger partial charge in [-0.1, -0.05) is 39.8 Å². The Morgan fingerprint density at radius 1 is 1.00 bits per heavy atom. The number of hydrogen-bond acceptors (Lipinski definition) is 4. The van der Waals surface area contributed by atoms with E-state index in [2.05, 4.69) is 9.47 Å². The van der Waals surface area contributed by atoms with Crippen LogP contribution in [0.2, 0.25) is 0 Å². The summed E-state index contributed by atoms with van der Waals surface area (Å²) in [5.74, 6) is -1.55. The van der Waals surface area contributed by atoms with E-state index in [9.17, 15) is 9.59 Å². The Bertz CT molecular complexity index is 289. The first-order valence-corrected chi connectivity index (χ1v) is 7.01. The minimum Gasteiger partial charge on any atom is -0.469 e. The SMILES string of the molecule is CC.CC.COC(=O)C1C=CC(C(=O)OC)C(Cl)C1. The Balaban J connectivity index is 0. The van der Waals surface area contributed by atoms with Gasteiger partial charge in [0.15, 0.2) is 0 Å². The molecule has 0 aliphatic heterocycles. The van der Waals surface area contributed by atoms with Gasteiger partial charge in [0.05, 0.1) is 31.4 Å². The number of esters is 2. The van der Waals surface area contributed by atoms with Gasteiger partial charge in [0.1, 0.15) is 0 Å². The van der Waals surface area contributed by atoms with Crippen LogP contribution in [0.1, 0.15) is 34.1 Å². The van der Waals surface area contributed by atoms with E-state index in [4.69, 9.17) is 11.6 Å². The Labute approximate surface area is 121 Å². The lowest BCUT2D eigenvalue weighted by molar-refractivity contribution is -0.147. The maximum absolute atomic E-state index is 11.2. The van der Waals surface area contributed by atoms with Gasteiger partial charge in [0.2, 0.25) is 0 Å². The number of methoxy groups -OCH3 is 2. The second-order valence-electron chi connectivity index (χ2n) is 3.32. The fraction of sp³-hybridized carbons (Fsp3) is 0.714. The molecule has 0 amide bonds. The molecule has 0 aromatic carbocycles. The molecule has 3 unspecified atom stereocenters. The molecule has 4 nitrogen and oxygen atoms in total. The van der Waals surface area contributed by atoms with Crippen LogP contribution in [0.4, 0.5) is 0 Å². The third-order valence-corrected chi connectivity index (χ3v) is 2.85. The molecule has 0 aromatic heterocycles. The molecular weight excluding hydrogens is 268 g/mol. The fourth-order valence-electron chi connectivity index (χ4n) is 1.53. The molecule has 0 spiro atoms. The molecule has 5 heteroatoms. The molecular formula is C14H25ClO4. The lowest BCUT2D eigenvalue weighted by Crippen LogP contribution is -2.31. The standard InChI is InChI=1S/C10H13ClO4.2C2H6/c1-14-9(12)6-3-4-7(8(11)5-6)10(13)15-2;2*1-2/h3-4,6-8H,5H2,1-2H3;2*1-2H3. The monoisotopic (exact) mass is 292 g/mol. The van der Waals surface area contributed by atoms with Crippen molar-refractivity contribution >= 4 is 23.5 Å². The van der Waals surface area contributed by atoms with E-state index < -0.39 is 11.3 Å². The van der Waals surface area contributed by atoms with Crippen molar-refractivity contribution in [1.82, 2.24) is 0 Å². The first-order valence-electron chi connectivity index (χ1n) is 6.58. The summed E-state index contributed by atoms with van der Waals surface area (Å²) < 4.78 is 9.19. The highest BCUT2D eigenvalue weighted by Gasteiger charge is 2.33. The molecule has 1 aliphatic carbocycles. The van der Waals surface area contributed by atoms with E-state index in [1.165, 1.54) is 14.2 Å². The summed E-state index contributed by atoms with van der Waals surface area (Å²) in [5.41, 5.74) is 0. The minimum atomic E-state index is -0.474. The summed E-state index contributed by atoms with van der Waals surface area (Å²) in [7, 11) is 2.64. The number of hydrogen-bond donors (Lipinski definition) is 0. The highest BCUT2D eigenvalue weighted by molar-refractivity contribution is 6.22. The number of carbonyl (C=O) groups is 2. The lowest BCUT2D eigenvalue weighted by Gasteiger charge is -2.24. The predicted octanol–water partition coefficient (Wildman–Crippen LogP) is 3.18. The highest BCUT2D eigenvalue weighted by Crippen LogP contribution is 2.28. The van der Waals surface area contributed by atoms with Crippen LogP contribution in [0.15, 0.2) is 12.2 Å². The fourth-order valence-corrected chi connectivity index (χ4v) is 1.91. The van der Waals surface area contributed by atoms with Crippen LogP contribution in [0.25, 0.3) is 0 Å². The van der Waals surface area contributed by atoms with Gasteiger partial charge in [-0.05, 0) is 6.42 Å². The van der Waals surface area contributed by atoms with Crippen LogP contribution < -0.4 is 0 Å². The van der Waals surface area contributed by atoms with Gasteiger partial charge in [-0.3, -0.25) is 9.59 Å². The van der Waals surface area contributed by atoms with Gasteiger partial charge in [0, 0.05) is 0 Å². The highest BCUT2D eigenvalue weighted by atomic mass is 35.5. The van der Waals surface area contributed by atoms with Crippen molar-refractivity contribution in [3.63, 3.8) is 0 Å². The molecule has 112 valence electrons. The van der Waals surface area contributed by atoms with E-state index in [0.29, 0.717) is 6.42 Å². The van der Waals surface area contributed by atoms with Gasteiger partial charge in [-0.25, -0.2) is 0 Å². The van der Waals surface area contributed by atoms with Gasteiger partial charge in [0.25, 0.3) is 0 Å². The zero-order valence-electron chi connectivity index (χ0n) is 12.6. The maximum Gasteiger partial charge on any atom is 0.314 e. The number of carbonyl (C=O) groups excluding carboxylic acids is 2. The molecule has 0 heterocycles. The molecule has 0 fully saturated rings. The normalized spacial score (nSPS) is 24.1. The smallest absolute Gasteiger partial charge is 0.314 e. The number of alkyl halides is 1. The Kier molecular flexibility index (Phi) is 12.8. The van der Waals surface area contributed by atoms with Crippen LogP contribution >= 0.6 is 11.6 Å².